The number of carbonyl (C=O) groups excluding carboxylic acids is 2. The molecule has 0 atom stereocenters. The van der Waals surface area contributed by atoms with Crippen molar-refractivity contribution in [3.05, 3.63) is 65.7 Å². The Hall–Kier alpha value is -4.01. The van der Waals surface area contributed by atoms with E-state index in [0.29, 0.717) is 31.8 Å². The average molecular weight is 502 g/mol. The number of nitrogens with zero attached hydrogens (tertiary/aromatic N) is 5. The van der Waals surface area contributed by atoms with Crippen LogP contribution in [-0.4, -0.2) is 61.3 Å². The number of ether oxygens (including phenoxy) is 2. The number of fused-ring (bicyclic) bond motifs is 1. The molecule has 1 spiro atoms. The number of rotatable bonds is 4. The molecule has 2 aliphatic rings. The number of ketones is 1. The van der Waals surface area contributed by atoms with Gasteiger partial charge in [0.05, 0.1) is 0 Å². The fraction of sp³-hybridized carbons (Fsp3) is 0.393. The van der Waals surface area contributed by atoms with Gasteiger partial charge in [-0.05, 0) is 67.5 Å². The summed E-state index contributed by atoms with van der Waals surface area (Å²) in [6.45, 7) is 8.34. The molecule has 3 heterocycles. The maximum Gasteiger partial charge on any atom is 0.410 e. The lowest BCUT2D eigenvalue weighted by Gasteiger charge is -2.43. The summed E-state index contributed by atoms with van der Waals surface area (Å²) >= 11 is 0. The molecular formula is C28H31N5O4. The summed E-state index contributed by atoms with van der Waals surface area (Å²) in [5.74, 6) is 1.33. The van der Waals surface area contributed by atoms with E-state index in [2.05, 4.69) is 33.7 Å². The van der Waals surface area contributed by atoms with Crippen LogP contribution in [0.2, 0.25) is 0 Å². The Morgan fingerprint density at radius 1 is 1.05 bits per heavy atom. The molecule has 9 nitrogen and oxygen atoms in total. The molecule has 1 saturated heterocycles. The third-order valence-corrected chi connectivity index (χ3v) is 6.50. The highest BCUT2D eigenvalue weighted by Crippen LogP contribution is 2.43. The molecule has 0 unspecified atom stereocenters. The molecule has 37 heavy (non-hydrogen) atoms. The van der Waals surface area contributed by atoms with Gasteiger partial charge in [-0.25, -0.2) is 9.48 Å². The van der Waals surface area contributed by atoms with Crippen LogP contribution in [0.1, 0.15) is 51.7 Å². The molecule has 2 aliphatic heterocycles. The fourth-order valence-electron chi connectivity index (χ4n) is 4.80. The second-order valence-electron chi connectivity index (χ2n) is 10.6. The van der Waals surface area contributed by atoms with E-state index < -0.39 is 11.2 Å². The summed E-state index contributed by atoms with van der Waals surface area (Å²) in [7, 11) is 0. The third-order valence-electron chi connectivity index (χ3n) is 6.50. The molecule has 1 amide bonds. The number of aromatic nitrogens is 4. The van der Waals surface area contributed by atoms with Gasteiger partial charge in [0.2, 0.25) is 0 Å². The number of likely N-dealkylation sites (tertiary alicyclic amines) is 1. The fourth-order valence-corrected chi connectivity index (χ4v) is 4.80. The number of carbonyl (C=O) groups is 2. The topological polar surface area (TPSA) is 99.4 Å². The van der Waals surface area contributed by atoms with E-state index >= 15 is 0 Å². The number of Topliss-reactive ketones (excluding diaryl/α,β-unsaturated/α-hetero) is 1. The van der Waals surface area contributed by atoms with Crippen molar-refractivity contribution in [2.75, 3.05) is 13.1 Å². The number of para-hydroxylation sites is 1. The largest absolute Gasteiger partial charge is 0.482 e. The molecule has 0 N–H and O–H groups in total. The molecule has 1 aromatic heterocycles. The Kier molecular flexibility index (Phi) is 6.31. The Morgan fingerprint density at radius 2 is 1.78 bits per heavy atom. The van der Waals surface area contributed by atoms with Gasteiger partial charge < -0.3 is 14.4 Å². The van der Waals surface area contributed by atoms with Crippen molar-refractivity contribution in [3.63, 3.8) is 0 Å². The van der Waals surface area contributed by atoms with Crippen LogP contribution in [0, 0.1) is 0 Å². The quantitative estimate of drug-likeness (QED) is 0.518. The third kappa shape index (κ3) is 5.26. The highest BCUT2D eigenvalue weighted by Gasteiger charge is 2.40. The van der Waals surface area contributed by atoms with Crippen molar-refractivity contribution in [3.8, 4) is 17.1 Å². The lowest BCUT2D eigenvalue weighted by Crippen LogP contribution is -2.50. The summed E-state index contributed by atoms with van der Waals surface area (Å²) in [5.41, 5.74) is 2.81. The molecule has 3 aromatic rings. The first kappa shape index (κ1) is 24.7. The average Bonchev–Trinajstić information content (AvgIpc) is 3.30. The highest BCUT2D eigenvalue weighted by molar-refractivity contribution is 5.86. The molecule has 0 aliphatic carbocycles. The maximum atomic E-state index is 12.6. The van der Waals surface area contributed by atoms with Crippen LogP contribution in [0.3, 0.4) is 0 Å². The highest BCUT2D eigenvalue weighted by atomic mass is 16.6. The zero-order valence-corrected chi connectivity index (χ0v) is 21.6. The van der Waals surface area contributed by atoms with Gasteiger partial charge in [-0.3, -0.25) is 4.79 Å². The number of amides is 1. The van der Waals surface area contributed by atoms with Crippen LogP contribution < -0.4 is 4.74 Å². The molecule has 192 valence electrons. The van der Waals surface area contributed by atoms with E-state index in [0.717, 1.165) is 28.0 Å². The predicted octanol–water partition coefficient (Wildman–Crippen LogP) is 4.52. The van der Waals surface area contributed by atoms with Crippen LogP contribution >= 0.6 is 0 Å². The van der Waals surface area contributed by atoms with Gasteiger partial charge >= 0.3 is 6.09 Å². The monoisotopic (exact) mass is 501 g/mol. The van der Waals surface area contributed by atoms with E-state index in [-0.39, 0.29) is 18.4 Å². The molecule has 1 fully saturated rings. The van der Waals surface area contributed by atoms with Crippen LogP contribution in [0.15, 0.2) is 54.6 Å². The smallest absolute Gasteiger partial charge is 0.410 e. The van der Waals surface area contributed by atoms with Crippen LogP contribution in [0.5, 0.6) is 5.75 Å². The summed E-state index contributed by atoms with van der Waals surface area (Å²) in [6, 6.07) is 16.0. The van der Waals surface area contributed by atoms with Crippen molar-refractivity contribution in [1.82, 2.24) is 25.1 Å². The van der Waals surface area contributed by atoms with E-state index in [1.807, 2.05) is 57.2 Å². The van der Waals surface area contributed by atoms with Gasteiger partial charge in [-0.15, -0.1) is 5.10 Å². The van der Waals surface area contributed by atoms with Gasteiger partial charge in [0.15, 0.2) is 11.6 Å². The summed E-state index contributed by atoms with van der Waals surface area (Å²) in [6.07, 6.45) is 3.21. The SMILES string of the molecule is CC(=O)Cn1nnnc1-c1cccc(C2=CC3(CCN(C(=O)OC(C)(C)C)CC3)Oc3ccccc32)c1. The van der Waals surface area contributed by atoms with Gasteiger partial charge in [0.1, 0.15) is 23.5 Å². The lowest BCUT2D eigenvalue weighted by molar-refractivity contribution is -0.117. The lowest BCUT2D eigenvalue weighted by atomic mass is 9.82. The van der Waals surface area contributed by atoms with Crippen molar-refractivity contribution in [2.45, 2.75) is 58.3 Å². The minimum Gasteiger partial charge on any atom is -0.482 e. The van der Waals surface area contributed by atoms with Crippen molar-refractivity contribution >= 4 is 17.4 Å². The summed E-state index contributed by atoms with van der Waals surface area (Å²) < 4.78 is 13.7. The zero-order valence-electron chi connectivity index (χ0n) is 21.6. The van der Waals surface area contributed by atoms with Gasteiger partial charge in [0.25, 0.3) is 0 Å². The number of tetrazole rings is 1. The molecule has 0 saturated carbocycles. The van der Waals surface area contributed by atoms with Gasteiger partial charge in [0, 0.05) is 37.1 Å². The molecule has 2 aromatic carbocycles. The first-order valence-electron chi connectivity index (χ1n) is 12.5. The Balaban J connectivity index is 1.47. The zero-order chi connectivity index (χ0) is 26.2. The van der Waals surface area contributed by atoms with Gasteiger partial charge in [-0.1, -0.05) is 36.4 Å². The maximum absolute atomic E-state index is 12.6. The summed E-state index contributed by atoms with van der Waals surface area (Å²) in [4.78, 5) is 26.1. The molecule has 0 bridgehead atoms. The summed E-state index contributed by atoms with van der Waals surface area (Å²) in [5, 5.41) is 11.9. The van der Waals surface area contributed by atoms with Gasteiger partial charge in [-0.2, -0.15) is 0 Å². The molecule has 9 heteroatoms. The number of hydrogen-bond acceptors (Lipinski definition) is 7. The van der Waals surface area contributed by atoms with Crippen LogP contribution in [-0.2, 0) is 16.1 Å². The number of hydrogen-bond donors (Lipinski definition) is 0. The van der Waals surface area contributed by atoms with Crippen molar-refractivity contribution < 1.29 is 19.1 Å². The van der Waals surface area contributed by atoms with Crippen LogP contribution in [0.25, 0.3) is 17.0 Å². The van der Waals surface area contributed by atoms with E-state index in [9.17, 15) is 9.59 Å². The van der Waals surface area contributed by atoms with Crippen molar-refractivity contribution in [1.29, 1.82) is 0 Å². The standard InChI is InChI=1S/C28H31N5O4/c1-19(34)18-33-25(29-30-31-33)21-9-7-8-20(16-21)23-17-28(36-24-11-6-5-10-22(23)24)12-14-32(15-13-28)26(35)37-27(2,3)4/h5-11,16-17H,12-15,18H2,1-4H3. The molecule has 5 rings (SSSR count). The first-order chi connectivity index (χ1) is 17.6. The van der Waals surface area contributed by atoms with E-state index in [1.165, 1.54) is 11.6 Å². The second-order valence-corrected chi connectivity index (χ2v) is 10.6. The van der Waals surface area contributed by atoms with Crippen LogP contribution in [0.4, 0.5) is 4.79 Å². The first-order valence-corrected chi connectivity index (χ1v) is 12.5. The second kappa shape index (κ2) is 9.46. The molecular weight excluding hydrogens is 470 g/mol. The Labute approximate surface area is 216 Å². The van der Waals surface area contributed by atoms with E-state index in [4.69, 9.17) is 9.47 Å². The minimum absolute atomic E-state index is 0.0227. The van der Waals surface area contributed by atoms with E-state index in [1.54, 1.807) is 4.90 Å². The Morgan fingerprint density at radius 3 is 2.51 bits per heavy atom. The molecule has 0 radical (unpaired) electrons. The predicted molar refractivity (Wildman–Crippen MR) is 138 cm³/mol. The Bertz CT molecular complexity index is 1360. The number of piperidine rings is 1. The van der Waals surface area contributed by atoms with Crippen molar-refractivity contribution in [2.24, 2.45) is 0 Å². The normalized spacial score (nSPS) is 16.5. The minimum atomic E-state index is -0.533. The number of benzene rings is 2.